The largest absolute Gasteiger partial charge is 0.481 e. The van der Waals surface area contributed by atoms with E-state index in [1.165, 1.54) is 19.1 Å². The average Bonchev–Trinajstić information content (AvgIpc) is 3.15. The van der Waals surface area contributed by atoms with Gasteiger partial charge in [-0.2, -0.15) is 13.2 Å². The third-order valence-electron chi connectivity index (χ3n) is 5.19. The van der Waals surface area contributed by atoms with Gasteiger partial charge in [-0.3, -0.25) is 24.1 Å². The zero-order chi connectivity index (χ0) is 21.0. The van der Waals surface area contributed by atoms with E-state index in [2.05, 4.69) is 0 Å². The number of aliphatic carboxylic acids is 1. The molecule has 10 heteroatoms. The molecule has 1 aromatic rings. The topological polar surface area (TPSA) is 95.0 Å². The van der Waals surface area contributed by atoms with Gasteiger partial charge in [-0.25, -0.2) is 0 Å². The second-order valence-electron chi connectivity index (χ2n) is 7.04. The van der Waals surface area contributed by atoms with Gasteiger partial charge in [0, 0.05) is 13.1 Å². The standard InChI is InChI=1S/C18H17F3N2O5/c1-8-3-4-10-11(5-8)16(26)23(15(10)25)9(2)14(24)22-6-12(17(27)28)13(7-22)18(19,20)21/h3-5,9,12-13H,6-7H2,1-2H3,(H,27,28)/t9?,12-,13-/m1/s1. The molecule has 1 fully saturated rings. The van der Waals surface area contributed by atoms with Crippen LogP contribution in [-0.4, -0.2) is 63.9 Å². The molecule has 150 valence electrons. The van der Waals surface area contributed by atoms with Crippen molar-refractivity contribution >= 4 is 23.7 Å². The monoisotopic (exact) mass is 398 g/mol. The van der Waals surface area contributed by atoms with Crippen LogP contribution >= 0.6 is 0 Å². The van der Waals surface area contributed by atoms with E-state index in [-0.39, 0.29) is 11.1 Å². The summed E-state index contributed by atoms with van der Waals surface area (Å²) in [6.07, 6.45) is -4.78. The lowest BCUT2D eigenvalue weighted by molar-refractivity contribution is -0.188. The molecule has 3 amide bonds. The molecule has 0 aromatic heterocycles. The zero-order valence-electron chi connectivity index (χ0n) is 15.0. The van der Waals surface area contributed by atoms with Crippen LogP contribution in [0.4, 0.5) is 13.2 Å². The number of nitrogens with zero attached hydrogens (tertiary/aromatic N) is 2. The number of likely N-dealkylation sites (tertiary alicyclic amines) is 1. The second kappa shape index (κ2) is 6.61. The Morgan fingerprint density at radius 1 is 1.14 bits per heavy atom. The molecule has 0 radical (unpaired) electrons. The molecular weight excluding hydrogens is 381 g/mol. The van der Waals surface area contributed by atoms with Crippen molar-refractivity contribution in [3.05, 3.63) is 34.9 Å². The van der Waals surface area contributed by atoms with Crippen molar-refractivity contribution in [1.29, 1.82) is 0 Å². The van der Waals surface area contributed by atoms with E-state index in [4.69, 9.17) is 5.11 Å². The molecule has 3 atom stereocenters. The summed E-state index contributed by atoms with van der Waals surface area (Å²) in [6.45, 7) is 1.51. The van der Waals surface area contributed by atoms with Crippen molar-refractivity contribution in [2.45, 2.75) is 26.1 Å². The number of imide groups is 1. The Bertz CT molecular complexity index is 882. The average molecular weight is 398 g/mol. The molecule has 0 aliphatic carbocycles. The predicted molar refractivity (Wildman–Crippen MR) is 88.4 cm³/mol. The summed E-state index contributed by atoms with van der Waals surface area (Å²) >= 11 is 0. The molecule has 2 heterocycles. The number of benzene rings is 1. The fraction of sp³-hybridized carbons (Fsp3) is 0.444. The number of carboxylic acids is 1. The number of aryl methyl sites for hydroxylation is 1. The van der Waals surface area contributed by atoms with Gasteiger partial charge in [-0.15, -0.1) is 0 Å². The number of hydrogen-bond acceptors (Lipinski definition) is 4. The fourth-order valence-corrected chi connectivity index (χ4v) is 3.67. The minimum Gasteiger partial charge on any atom is -0.481 e. The highest BCUT2D eigenvalue weighted by Crippen LogP contribution is 2.38. The SMILES string of the molecule is Cc1ccc2c(c1)C(=O)N(C(C)C(=O)N1C[C@@H](C(F)(F)F)[C@H](C(=O)O)C1)C2=O. The predicted octanol–water partition coefficient (Wildman–Crippen LogP) is 1.70. The van der Waals surface area contributed by atoms with Crippen LogP contribution in [0.3, 0.4) is 0 Å². The fourth-order valence-electron chi connectivity index (χ4n) is 3.67. The number of carboxylic acid groups (broad SMARTS) is 1. The van der Waals surface area contributed by atoms with E-state index in [1.54, 1.807) is 13.0 Å². The number of amides is 3. The van der Waals surface area contributed by atoms with Crippen molar-refractivity contribution in [3.63, 3.8) is 0 Å². The van der Waals surface area contributed by atoms with Gasteiger partial charge in [-0.05, 0) is 26.0 Å². The quantitative estimate of drug-likeness (QED) is 0.782. The van der Waals surface area contributed by atoms with Crippen LogP contribution in [0.25, 0.3) is 0 Å². The molecular formula is C18H17F3N2O5. The zero-order valence-corrected chi connectivity index (χ0v) is 15.0. The Labute approximate surface area is 157 Å². The van der Waals surface area contributed by atoms with E-state index < -0.39 is 60.8 Å². The highest BCUT2D eigenvalue weighted by molar-refractivity contribution is 6.22. The minimum absolute atomic E-state index is 0.119. The first kappa shape index (κ1) is 19.8. The van der Waals surface area contributed by atoms with Gasteiger partial charge in [0.1, 0.15) is 6.04 Å². The highest BCUT2D eigenvalue weighted by Gasteiger charge is 2.54. The summed E-state index contributed by atoms with van der Waals surface area (Å²) in [5.74, 6) is -7.95. The summed E-state index contributed by atoms with van der Waals surface area (Å²) in [5.41, 5.74) is 0.980. The summed E-state index contributed by atoms with van der Waals surface area (Å²) in [7, 11) is 0. The molecule has 7 nitrogen and oxygen atoms in total. The Kier molecular flexibility index (Phi) is 4.68. The van der Waals surface area contributed by atoms with Crippen LogP contribution in [0.15, 0.2) is 18.2 Å². The van der Waals surface area contributed by atoms with Crippen LogP contribution in [0, 0.1) is 18.8 Å². The number of carbonyl (C=O) groups excluding carboxylic acids is 3. The molecule has 0 bridgehead atoms. The highest BCUT2D eigenvalue weighted by atomic mass is 19.4. The summed E-state index contributed by atoms with van der Waals surface area (Å²) in [4.78, 5) is 50.5. The third kappa shape index (κ3) is 3.12. The minimum atomic E-state index is -4.78. The van der Waals surface area contributed by atoms with E-state index in [0.29, 0.717) is 4.90 Å². The van der Waals surface area contributed by atoms with Crippen molar-refractivity contribution in [1.82, 2.24) is 9.80 Å². The molecule has 3 rings (SSSR count). The lowest BCUT2D eigenvalue weighted by Crippen LogP contribution is -2.49. The van der Waals surface area contributed by atoms with Gasteiger partial charge < -0.3 is 10.0 Å². The van der Waals surface area contributed by atoms with Gasteiger partial charge >= 0.3 is 12.1 Å². The first-order chi connectivity index (χ1) is 12.9. The van der Waals surface area contributed by atoms with Crippen LogP contribution in [-0.2, 0) is 9.59 Å². The third-order valence-corrected chi connectivity index (χ3v) is 5.19. The maximum absolute atomic E-state index is 13.1. The first-order valence-electron chi connectivity index (χ1n) is 8.50. The molecule has 1 N–H and O–H groups in total. The van der Waals surface area contributed by atoms with E-state index in [9.17, 15) is 32.3 Å². The summed E-state index contributed by atoms with van der Waals surface area (Å²) in [6, 6.07) is 3.24. The lowest BCUT2D eigenvalue weighted by Gasteiger charge is -2.26. The molecule has 28 heavy (non-hydrogen) atoms. The number of fused-ring (bicyclic) bond motifs is 1. The summed E-state index contributed by atoms with van der Waals surface area (Å²) < 4.78 is 39.4. The number of rotatable bonds is 3. The van der Waals surface area contributed by atoms with Crippen LogP contribution in [0.1, 0.15) is 33.2 Å². The van der Waals surface area contributed by atoms with Crippen molar-refractivity contribution < 1.29 is 37.5 Å². The number of alkyl halides is 3. The van der Waals surface area contributed by atoms with Crippen molar-refractivity contribution in [3.8, 4) is 0 Å². The molecule has 0 saturated carbocycles. The Balaban J connectivity index is 1.83. The van der Waals surface area contributed by atoms with Gasteiger partial charge in [0.25, 0.3) is 11.8 Å². The van der Waals surface area contributed by atoms with Gasteiger partial charge in [0.15, 0.2) is 0 Å². The summed E-state index contributed by atoms with van der Waals surface area (Å²) in [5, 5.41) is 9.07. The molecule has 2 aliphatic rings. The molecule has 1 saturated heterocycles. The van der Waals surface area contributed by atoms with Gasteiger partial charge in [-0.1, -0.05) is 11.6 Å². The van der Waals surface area contributed by atoms with Crippen LogP contribution < -0.4 is 0 Å². The smallest absolute Gasteiger partial charge is 0.394 e. The molecule has 2 aliphatic heterocycles. The first-order valence-corrected chi connectivity index (χ1v) is 8.50. The lowest BCUT2D eigenvalue weighted by atomic mass is 9.96. The number of hydrogen-bond donors (Lipinski definition) is 1. The maximum Gasteiger partial charge on any atom is 0.394 e. The molecule has 1 unspecified atom stereocenters. The number of carbonyl (C=O) groups is 4. The Hall–Kier alpha value is -2.91. The van der Waals surface area contributed by atoms with Gasteiger partial charge in [0.2, 0.25) is 5.91 Å². The van der Waals surface area contributed by atoms with Crippen molar-refractivity contribution in [2.24, 2.45) is 11.8 Å². The normalized spacial score (nSPS) is 23.2. The second-order valence-corrected chi connectivity index (χ2v) is 7.04. The van der Waals surface area contributed by atoms with E-state index >= 15 is 0 Å². The Morgan fingerprint density at radius 2 is 1.75 bits per heavy atom. The van der Waals surface area contributed by atoms with E-state index in [1.807, 2.05) is 0 Å². The van der Waals surface area contributed by atoms with Gasteiger partial charge in [0.05, 0.1) is 23.0 Å². The molecule has 1 aromatic carbocycles. The maximum atomic E-state index is 13.1. The number of halogens is 3. The van der Waals surface area contributed by atoms with Crippen molar-refractivity contribution in [2.75, 3.05) is 13.1 Å². The molecule has 0 spiro atoms. The van der Waals surface area contributed by atoms with Crippen LogP contribution in [0.2, 0.25) is 0 Å². The van der Waals surface area contributed by atoms with Crippen LogP contribution in [0.5, 0.6) is 0 Å². The Morgan fingerprint density at radius 3 is 2.29 bits per heavy atom. The van der Waals surface area contributed by atoms with E-state index in [0.717, 1.165) is 10.5 Å².